The van der Waals surface area contributed by atoms with Crippen molar-refractivity contribution in [2.75, 3.05) is 6.54 Å². The van der Waals surface area contributed by atoms with Crippen LogP contribution in [-0.4, -0.2) is 11.5 Å². The van der Waals surface area contributed by atoms with Gasteiger partial charge in [-0.25, -0.2) is 0 Å². The quantitative estimate of drug-likeness (QED) is 0.801. The van der Waals surface area contributed by atoms with Gasteiger partial charge in [0.15, 0.2) is 0 Å². The van der Waals surface area contributed by atoms with E-state index in [4.69, 9.17) is 5.73 Å². The molecular formula is C9H11F3N2. The molecule has 0 aromatic carbocycles. The van der Waals surface area contributed by atoms with Gasteiger partial charge in [-0.15, -0.1) is 0 Å². The lowest BCUT2D eigenvalue weighted by Crippen LogP contribution is -2.16. The zero-order chi connectivity index (χ0) is 10.8. The number of alkyl halides is 3. The van der Waals surface area contributed by atoms with E-state index in [2.05, 4.69) is 4.98 Å². The second-order valence-corrected chi connectivity index (χ2v) is 3.10. The first-order valence-corrected chi connectivity index (χ1v) is 4.18. The predicted molar refractivity (Wildman–Crippen MR) is 46.7 cm³/mol. The van der Waals surface area contributed by atoms with Crippen molar-refractivity contribution in [1.29, 1.82) is 0 Å². The maximum absolute atomic E-state index is 12.5. The van der Waals surface area contributed by atoms with Crippen LogP contribution < -0.4 is 5.73 Å². The molecule has 2 nitrogen and oxygen atoms in total. The number of pyridine rings is 1. The van der Waals surface area contributed by atoms with Crippen molar-refractivity contribution >= 4 is 0 Å². The maximum atomic E-state index is 12.5. The molecule has 1 aromatic rings. The van der Waals surface area contributed by atoms with E-state index < -0.39 is 11.7 Å². The molecule has 2 N–H and O–H groups in total. The van der Waals surface area contributed by atoms with E-state index in [0.717, 1.165) is 12.3 Å². The number of halogens is 3. The number of rotatable bonds is 2. The molecule has 0 radical (unpaired) electrons. The fraction of sp³-hybridized carbons (Fsp3) is 0.444. The highest BCUT2D eigenvalue weighted by Crippen LogP contribution is 2.34. The molecule has 5 heteroatoms. The molecule has 0 aliphatic heterocycles. The summed E-state index contributed by atoms with van der Waals surface area (Å²) in [6, 6.07) is 0.974. The van der Waals surface area contributed by atoms with E-state index in [9.17, 15) is 13.2 Å². The van der Waals surface area contributed by atoms with Gasteiger partial charge in [0.05, 0.1) is 5.56 Å². The van der Waals surface area contributed by atoms with Gasteiger partial charge in [-0.1, -0.05) is 6.92 Å². The smallest absolute Gasteiger partial charge is 0.330 e. The van der Waals surface area contributed by atoms with Crippen molar-refractivity contribution in [3.8, 4) is 0 Å². The summed E-state index contributed by atoms with van der Waals surface area (Å²) in [7, 11) is 0. The maximum Gasteiger partial charge on any atom is 0.416 e. The Bertz CT molecular complexity index is 309. The lowest BCUT2D eigenvalue weighted by atomic mass is 9.98. The number of aromatic nitrogens is 1. The largest absolute Gasteiger partial charge is 0.416 e. The van der Waals surface area contributed by atoms with Crippen molar-refractivity contribution in [3.05, 3.63) is 29.6 Å². The van der Waals surface area contributed by atoms with Crippen LogP contribution in [0.15, 0.2) is 18.5 Å². The van der Waals surface area contributed by atoms with Crippen LogP contribution in [0.3, 0.4) is 0 Å². The molecule has 0 fully saturated rings. The fourth-order valence-corrected chi connectivity index (χ4v) is 1.18. The molecule has 0 unspecified atom stereocenters. The van der Waals surface area contributed by atoms with E-state index in [1.165, 1.54) is 6.20 Å². The van der Waals surface area contributed by atoms with E-state index >= 15 is 0 Å². The second-order valence-electron chi connectivity index (χ2n) is 3.10. The molecule has 0 saturated heterocycles. The van der Waals surface area contributed by atoms with Crippen molar-refractivity contribution in [2.24, 2.45) is 5.73 Å². The first kappa shape index (κ1) is 11.0. The Morgan fingerprint density at radius 1 is 1.50 bits per heavy atom. The lowest BCUT2D eigenvalue weighted by molar-refractivity contribution is -0.138. The van der Waals surface area contributed by atoms with Gasteiger partial charge in [-0.2, -0.15) is 13.2 Å². The van der Waals surface area contributed by atoms with Crippen molar-refractivity contribution < 1.29 is 13.2 Å². The highest BCUT2D eigenvalue weighted by atomic mass is 19.4. The summed E-state index contributed by atoms with van der Waals surface area (Å²) in [5.74, 6) is -0.333. The average molecular weight is 204 g/mol. The van der Waals surface area contributed by atoms with Gasteiger partial charge < -0.3 is 5.73 Å². The highest BCUT2D eigenvalue weighted by Gasteiger charge is 2.34. The van der Waals surface area contributed by atoms with Crippen LogP contribution in [0.2, 0.25) is 0 Å². The van der Waals surface area contributed by atoms with Gasteiger partial charge in [-0.05, 0) is 24.1 Å². The van der Waals surface area contributed by atoms with Gasteiger partial charge in [0, 0.05) is 12.4 Å². The monoisotopic (exact) mass is 204 g/mol. The minimum Gasteiger partial charge on any atom is -0.330 e. The Hall–Kier alpha value is -1.10. The summed E-state index contributed by atoms with van der Waals surface area (Å²) in [4.78, 5) is 3.67. The summed E-state index contributed by atoms with van der Waals surface area (Å²) in [5, 5.41) is 0. The number of nitrogens with zero attached hydrogens (tertiary/aromatic N) is 1. The van der Waals surface area contributed by atoms with Crippen molar-refractivity contribution in [3.63, 3.8) is 0 Å². The molecule has 0 amide bonds. The third-order valence-corrected chi connectivity index (χ3v) is 2.04. The Labute approximate surface area is 79.9 Å². The Morgan fingerprint density at radius 3 is 2.64 bits per heavy atom. The zero-order valence-corrected chi connectivity index (χ0v) is 7.67. The lowest BCUT2D eigenvalue weighted by Gasteiger charge is -2.15. The van der Waals surface area contributed by atoms with Crippen LogP contribution >= 0.6 is 0 Å². The normalized spacial score (nSPS) is 14.1. The van der Waals surface area contributed by atoms with E-state index in [1.54, 1.807) is 6.92 Å². The first-order valence-electron chi connectivity index (χ1n) is 4.18. The number of hydrogen-bond donors (Lipinski definition) is 1. The SMILES string of the molecule is C[C@H](CN)c1cnccc1C(F)(F)F. The first-order chi connectivity index (χ1) is 6.46. The average Bonchev–Trinajstić information content (AvgIpc) is 2.15. The molecule has 14 heavy (non-hydrogen) atoms. The van der Waals surface area contributed by atoms with Crippen LogP contribution in [0.1, 0.15) is 24.0 Å². The van der Waals surface area contributed by atoms with E-state index in [1.807, 2.05) is 0 Å². The molecule has 0 saturated carbocycles. The van der Waals surface area contributed by atoms with Crippen LogP contribution in [0.5, 0.6) is 0 Å². The molecule has 0 bridgehead atoms. The Kier molecular flexibility index (Phi) is 3.10. The molecule has 1 atom stereocenters. The topological polar surface area (TPSA) is 38.9 Å². The second kappa shape index (κ2) is 3.96. The number of hydrogen-bond acceptors (Lipinski definition) is 2. The summed E-state index contributed by atoms with van der Waals surface area (Å²) in [6.45, 7) is 1.82. The van der Waals surface area contributed by atoms with Gasteiger partial charge in [0.2, 0.25) is 0 Å². The molecule has 1 heterocycles. The molecule has 0 aliphatic carbocycles. The molecule has 78 valence electrons. The molecule has 0 spiro atoms. The fourth-order valence-electron chi connectivity index (χ4n) is 1.18. The zero-order valence-electron chi connectivity index (χ0n) is 7.67. The Balaban J connectivity index is 3.16. The molecule has 1 rings (SSSR count). The minimum absolute atomic E-state index is 0.155. The van der Waals surface area contributed by atoms with Crippen molar-refractivity contribution in [2.45, 2.75) is 19.0 Å². The standard InChI is InChI=1S/C9H11F3N2/c1-6(4-13)7-5-14-3-2-8(7)9(10,11)12/h2-3,5-6H,4,13H2,1H3/t6-/m1/s1. The molecule has 0 aliphatic rings. The van der Waals surface area contributed by atoms with Crippen LogP contribution in [0.4, 0.5) is 13.2 Å². The van der Waals surface area contributed by atoms with E-state index in [-0.39, 0.29) is 18.0 Å². The molecule has 1 aromatic heterocycles. The van der Waals surface area contributed by atoms with Crippen molar-refractivity contribution in [1.82, 2.24) is 4.98 Å². The Morgan fingerprint density at radius 2 is 2.14 bits per heavy atom. The predicted octanol–water partition coefficient (Wildman–Crippen LogP) is 2.16. The summed E-state index contributed by atoms with van der Waals surface area (Å²) in [5.41, 5.74) is 4.83. The minimum atomic E-state index is -4.33. The number of nitrogens with two attached hydrogens (primary N) is 1. The third-order valence-electron chi connectivity index (χ3n) is 2.04. The summed E-state index contributed by atoms with van der Waals surface area (Å²) in [6.07, 6.45) is -1.97. The van der Waals surface area contributed by atoms with E-state index in [0.29, 0.717) is 0 Å². The van der Waals surface area contributed by atoms with Crippen LogP contribution in [0, 0.1) is 0 Å². The summed E-state index contributed by atoms with van der Waals surface area (Å²) < 4.78 is 37.4. The van der Waals surface area contributed by atoms with Crippen LogP contribution in [0.25, 0.3) is 0 Å². The van der Waals surface area contributed by atoms with Gasteiger partial charge in [0.25, 0.3) is 0 Å². The van der Waals surface area contributed by atoms with Gasteiger partial charge in [0.1, 0.15) is 0 Å². The highest BCUT2D eigenvalue weighted by molar-refractivity contribution is 5.29. The van der Waals surface area contributed by atoms with Crippen LogP contribution in [-0.2, 0) is 6.18 Å². The third kappa shape index (κ3) is 2.23. The summed E-state index contributed by atoms with van der Waals surface area (Å²) >= 11 is 0. The van der Waals surface area contributed by atoms with Gasteiger partial charge >= 0.3 is 6.18 Å². The van der Waals surface area contributed by atoms with Gasteiger partial charge in [-0.3, -0.25) is 4.98 Å². The molecular weight excluding hydrogens is 193 g/mol.